The minimum Gasteiger partial charge on any atom is -0.393 e. The number of aromatic nitrogens is 1. The standard InChI is InChI=1S/C9H11F2NOS/c10-9(11)7-2-5(13)1-6(7)8-3-12-4-14-8/h3-7,9,13H,1-2H2. The van der Waals surface area contributed by atoms with E-state index in [0.29, 0.717) is 6.42 Å². The second-order valence-electron chi connectivity index (χ2n) is 3.63. The highest BCUT2D eigenvalue weighted by Crippen LogP contribution is 2.43. The van der Waals surface area contributed by atoms with Crippen molar-refractivity contribution in [2.24, 2.45) is 5.92 Å². The molecule has 1 fully saturated rings. The third-order valence-corrected chi connectivity index (χ3v) is 3.64. The monoisotopic (exact) mass is 219 g/mol. The second kappa shape index (κ2) is 3.90. The highest BCUT2D eigenvalue weighted by atomic mass is 32.1. The van der Waals surface area contributed by atoms with Gasteiger partial charge in [-0.1, -0.05) is 0 Å². The topological polar surface area (TPSA) is 33.1 Å². The Kier molecular flexibility index (Phi) is 2.78. The highest BCUT2D eigenvalue weighted by Gasteiger charge is 2.40. The zero-order valence-corrected chi connectivity index (χ0v) is 8.25. The fourth-order valence-electron chi connectivity index (χ4n) is 2.06. The molecule has 3 atom stereocenters. The maximum Gasteiger partial charge on any atom is 0.242 e. The Labute approximate surface area is 84.6 Å². The molecule has 0 aromatic carbocycles. The van der Waals surface area contributed by atoms with Gasteiger partial charge in [0.1, 0.15) is 0 Å². The highest BCUT2D eigenvalue weighted by molar-refractivity contribution is 7.09. The molecule has 14 heavy (non-hydrogen) atoms. The van der Waals surface area contributed by atoms with Crippen molar-refractivity contribution in [1.82, 2.24) is 4.98 Å². The number of rotatable bonds is 2. The van der Waals surface area contributed by atoms with Crippen LogP contribution in [0.25, 0.3) is 0 Å². The summed E-state index contributed by atoms with van der Waals surface area (Å²) >= 11 is 1.39. The predicted molar refractivity (Wildman–Crippen MR) is 49.6 cm³/mol. The summed E-state index contributed by atoms with van der Waals surface area (Å²) in [4.78, 5) is 4.75. The summed E-state index contributed by atoms with van der Waals surface area (Å²) in [7, 11) is 0. The quantitative estimate of drug-likeness (QED) is 0.827. The summed E-state index contributed by atoms with van der Waals surface area (Å²) in [6.07, 6.45) is -0.652. The van der Waals surface area contributed by atoms with E-state index < -0.39 is 18.4 Å². The molecule has 0 bridgehead atoms. The first-order valence-electron chi connectivity index (χ1n) is 4.53. The molecule has 2 nitrogen and oxygen atoms in total. The summed E-state index contributed by atoms with van der Waals surface area (Å²) in [6.45, 7) is 0. The van der Waals surface area contributed by atoms with E-state index in [-0.39, 0.29) is 12.3 Å². The number of aliphatic hydroxyl groups excluding tert-OH is 1. The van der Waals surface area contributed by atoms with Gasteiger partial charge < -0.3 is 5.11 Å². The molecule has 1 aliphatic rings. The third kappa shape index (κ3) is 1.79. The van der Waals surface area contributed by atoms with Crippen LogP contribution in [0.3, 0.4) is 0 Å². The van der Waals surface area contributed by atoms with Gasteiger partial charge in [0.15, 0.2) is 0 Å². The molecule has 0 spiro atoms. The van der Waals surface area contributed by atoms with Gasteiger partial charge in [-0.25, -0.2) is 8.78 Å². The number of aliphatic hydroxyl groups is 1. The van der Waals surface area contributed by atoms with E-state index >= 15 is 0 Å². The van der Waals surface area contributed by atoms with Crippen LogP contribution in [0, 0.1) is 5.92 Å². The molecule has 5 heteroatoms. The van der Waals surface area contributed by atoms with Crippen molar-refractivity contribution in [3.05, 3.63) is 16.6 Å². The van der Waals surface area contributed by atoms with Crippen molar-refractivity contribution in [3.63, 3.8) is 0 Å². The van der Waals surface area contributed by atoms with Crippen LogP contribution in [-0.4, -0.2) is 22.6 Å². The Morgan fingerprint density at radius 2 is 2.29 bits per heavy atom. The van der Waals surface area contributed by atoms with Gasteiger partial charge in [0.2, 0.25) is 6.43 Å². The lowest BCUT2D eigenvalue weighted by Gasteiger charge is -2.15. The molecule has 1 N–H and O–H groups in total. The number of nitrogens with zero attached hydrogens (tertiary/aromatic N) is 1. The van der Waals surface area contributed by atoms with Gasteiger partial charge in [0.25, 0.3) is 0 Å². The van der Waals surface area contributed by atoms with Crippen molar-refractivity contribution in [1.29, 1.82) is 0 Å². The molecule has 1 aromatic rings. The Balaban J connectivity index is 2.17. The number of halogens is 2. The predicted octanol–water partition coefficient (Wildman–Crippen LogP) is 2.26. The van der Waals surface area contributed by atoms with Gasteiger partial charge in [-0.05, 0) is 12.8 Å². The van der Waals surface area contributed by atoms with Crippen LogP contribution in [0.5, 0.6) is 0 Å². The molecule has 0 saturated heterocycles. The van der Waals surface area contributed by atoms with Crippen LogP contribution >= 0.6 is 11.3 Å². The van der Waals surface area contributed by atoms with E-state index in [0.717, 1.165) is 4.88 Å². The Bertz CT molecular complexity index is 291. The first-order valence-corrected chi connectivity index (χ1v) is 5.41. The zero-order valence-electron chi connectivity index (χ0n) is 7.44. The summed E-state index contributed by atoms with van der Waals surface area (Å²) in [5.74, 6) is -0.914. The molecule has 0 amide bonds. The van der Waals surface area contributed by atoms with Crippen LogP contribution < -0.4 is 0 Å². The van der Waals surface area contributed by atoms with E-state index in [9.17, 15) is 13.9 Å². The maximum absolute atomic E-state index is 12.6. The lowest BCUT2D eigenvalue weighted by atomic mass is 9.95. The fraction of sp³-hybridized carbons (Fsp3) is 0.667. The van der Waals surface area contributed by atoms with Gasteiger partial charge in [-0.3, -0.25) is 4.98 Å². The summed E-state index contributed by atoms with van der Waals surface area (Å²) in [5.41, 5.74) is 1.64. The molecule has 0 radical (unpaired) electrons. The van der Waals surface area contributed by atoms with Crippen LogP contribution in [0.2, 0.25) is 0 Å². The maximum atomic E-state index is 12.6. The lowest BCUT2D eigenvalue weighted by Crippen LogP contribution is -2.14. The van der Waals surface area contributed by atoms with E-state index in [4.69, 9.17) is 0 Å². The molecule has 1 aromatic heterocycles. The largest absolute Gasteiger partial charge is 0.393 e. The Morgan fingerprint density at radius 1 is 1.50 bits per heavy atom. The van der Waals surface area contributed by atoms with Crippen LogP contribution in [0.4, 0.5) is 8.78 Å². The summed E-state index contributed by atoms with van der Waals surface area (Å²) < 4.78 is 25.3. The van der Waals surface area contributed by atoms with E-state index in [2.05, 4.69) is 4.98 Å². The van der Waals surface area contributed by atoms with Gasteiger partial charge in [0.05, 0.1) is 11.6 Å². The third-order valence-electron chi connectivity index (χ3n) is 2.73. The summed E-state index contributed by atoms with van der Waals surface area (Å²) in [6, 6.07) is 0. The van der Waals surface area contributed by atoms with Gasteiger partial charge in [-0.15, -0.1) is 11.3 Å². The van der Waals surface area contributed by atoms with Crippen LogP contribution in [-0.2, 0) is 0 Å². The van der Waals surface area contributed by atoms with Crippen LogP contribution in [0.1, 0.15) is 23.6 Å². The molecule has 78 valence electrons. The summed E-state index contributed by atoms with van der Waals surface area (Å²) in [5, 5.41) is 9.37. The molecular weight excluding hydrogens is 208 g/mol. The van der Waals surface area contributed by atoms with Crippen molar-refractivity contribution in [3.8, 4) is 0 Å². The van der Waals surface area contributed by atoms with Crippen molar-refractivity contribution < 1.29 is 13.9 Å². The average Bonchev–Trinajstić information content (AvgIpc) is 2.70. The first-order chi connectivity index (χ1) is 6.68. The fourth-order valence-corrected chi connectivity index (χ4v) is 2.87. The molecule has 1 aliphatic carbocycles. The Morgan fingerprint density at radius 3 is 2.86 bits per heavy atom. The zero-order chi connectivity index (χ0) is 10.1. The average molecular weight is 219 g/mol. The van der Waals surface area contributed by atoms with Gasteiger partial charge in [0, 0.05) is 22.9 Å². The number of alkyl halides is 2. The minimum absolute atomic E-state index is 0.209. The molecule has 1 saturated carbocycles. The minimum atomic E-state index is -2.35. The van der Waals surface area contributed by atoms with Gasteiger partial charge in [-0.2, -0.15) is 0 Å². The molecule has 3 unspecified atom stereocenters. The van der Waals surface area contributed by atoms with Crippen molar-refractivity contribution >= 4 is 11.3 Å². The van der Waals surface area contributed by atoms with E-state index in [1.165, 1.54) is 11.3 Å². The van der Waals surface area contributed by atoms with Gasteiger partial charge >= 0.3 is 0 Å². The Hall–Kier alpha value is -0.550. The van der Waals surface area contributed by atoms with Crippen molar-refractivity contribution in [2.45, 2.75) is 31.3 Å². The second-order valence-corrected chi connectivity index (χ2v) is 4.55. The smallest absolute Gasteiger partial charge is 0.242 e. The molecule has 2 rings (SSSR count). The van der Waals surface area contributed by atoms with E-state index in [1.54, 1.807) is 11.7 Å². The number of thiazole rings is 1. The first kappa shape index (κ1) is 9.98. The number of hydrogen-bond acceptors (Lipinski definition) is 3. The SMILES string of the molecule is OC1CC(c2cncs2)C(C(F)F)C1. The number of hydrogen-bond donors (Lipinski definition) is 1. The van der Waals surface area contributed by atoms with Crippen molar-refractivity contribution in [2.75, 3.05) is 0 Å². The normalized spacial score (nSPS) is 32.7. The molecule has 1 heterocycles. The van der Waals surface area contributed by atoms with E-state index in [1.807, 2.05) is 0 Å². The molecule has 0 aliphatic heterocycles. The molecular formula is C9H11F2NOS. The van der Waals surface area contributed by atoms with Crippen LogP contribution in [0.15, 0.2) is 11.7 Å². The lowest BCUT2D eigenvalue weighted by molar-refractivity contribution is 0.0641.